The van der Waals surface area contributed by atoms with Gasteiger partial charge < -0.3 is 19.5 Å². The summed E-state index contributed by atoms with van der Waals surface area (Å²) in [6, 6.07) is 5.91. The molecule has 5 heteroatoms. The number of fused-ring (bicyclic) bond motifs is 2. The van der Waals surface area contributed by atoms with Gasteiger partial charge in [-0.2, -0.15) is 0 Å². The molecule has 0 saturated heterocycles. The van der Waals surface area contributed by atoms with Crippen LogP contribution in [0.1, 0.15) is 13.8 Å². The second-order valence-electron chi connectivity index (χ2n) is 5.53. The number of hydrogen-bond acceptors (Lipinski definition) is 5. The standard InChI is InChI=1S/C15H18N2O3/c1-15(2,8-18-3)17-14-11-7-13-12(19-9-20-13)6-10(11)4-5-16-14/h4-7H,8-9H2,1-3H3,(H,16,17). The van der Waals surface area contributed by atoms with Gasteiger partial charge in [0, 0.05) is 18.7 Å². The first-order valence-electron chi connectivity index (χ1n) is 6.54. The molecule has 106 valence electrons. The van der Waals surface area contributed by atoms with Gasteiger partial charge in [-0.3, -0.25) is 0 Å². The molecular formula is C15H18N2O3. The third-order valence-corrected chi connectivity index (χ3v) is 3.22. The average molecular weight is 274 g/mol. The zero-order valence-electron chi connectivity index (χ0n) is 11.9. The second kappa shape index (κ2) is 4.83. The third kappa shape index (κ3) is 2.36. The van der Waals surface area contributed by atoms with Crippen molar-refractivity contribution in [2.24, 2.45) is 0 Å². The molecule has 0 saturated carbocycles. The van der Waals surface area contributed by atoms with E-state index in [9.17, 15) is 0 Å². The van der Waals surface area contributed by atoms with Crippen LogP contribution in [0.2, 0.25) is 0 Å². The summed E-state index contributed by atoms with van der Waals surface area (Å²) in [5, 5.41) is 5.51. The maximum Gasteiger partial charge on any atom is 0.231 e. The van der Waals surface area contributed by atoms with Crippen molar-refractivity contribution < 1.29 is 14.2 Å². The maximum absolute atomic E-state index is 5.44. The smallest absolute Gasteiger partial charge is 0.231 e. The van der Waals surface area contributed by atoms with E-state index in [1.807, 2.05) is 18.2 Å². The monoisotopic (exact) mass is 274 g/mol. The first kappa shape index (κ1) is 13.0. The molecule has 2 heterocycles. The minimum absolute atomic E-state index is 0.202. The summed E-state index contributed by atoms with van der Waals surface area (Å²) >= 11 is 0. The van der Waals surface area contributed by atoms with Crippen molar-refractivity contribution in [3.05, 3.63) is 24.4 Å². The van der Waals surface area contributed by atoms with Gasteiger partial charge in [0.25, 0.3) is 0 Å². The predicted octanol–water partition coefficient (Wildman–Crippen LogP) is 2.80. The lowest BCUT2D eigenvalue weighted by molar-refractivity contribution is 0.158. The summed E-state index contributed by atoms with van der Waals surface area (Å²) in [6.45, 7) is 5.01. The minimum atomic E-state index is -0.202. The number of pyridine rings is 1. The van der Waals surface area contributed by atoms with Gasteiger partial charge >= 0.3 is 0 Å². The minimum Gasteiger partial charge on any atom is -0.454 e. The Bertz CT molecular complexity index is 640. The van der Waals surface area contributed by atoms with E-state index in [0.717, 1.165) is 28.1 Å². The first-order chi connectivity index (χ1) is 9.59. The van der Waals surface area contributed by atoms with Gasteiger partial charge in [-0.05, 0) is 37.4 Å². The number of ether oxygens (including phenoxy) is 3. The lowest BCUT2D eigenvalue weighted by Crippen LogP contribution is -2.36. The van der Waals surface area contributed by atoms with E-state index in [0.29, 0.717) is 6.61 Å². The molecule has 0 radical (unpaired) electrons. The number of benzene rings is 1. The van der Waals surface area contributed by atoms with Gasteiger partial charge in [-0.25, -0.2) is 4.98 Å². The van der Waals surface area contributed by atoms with Crippen LogP contribution in [0.25, 0.3) is 10.8 Å². The third-order valence-electron chi connectivity index (χ3n) is 3.22. The van der Waals surface area contributed by atoms with Crippen LogP contribution < -0.4 is 14.8 Å². The molecule has 0 unspecified atom stereocenters. The Morgan fingerprint density at radius 2 is 2.05 bits per heavy atom. The van der Waals surface area contributed by atoms with Crippen LogP contribution in [0.3, 0.4) is 0 Å². The van der Waals surface area contributed by atoms with E-state index in [1.165, 1.54) is 0 Å². The molecule has 3 rings (SSSR count). The lowest BCUT2D eigenvalue weighted by Gasteiger charge is -2.26. The van der Waals surface area contributed by atoms with Gasteiger partial charge in [0.05, 0.1) is 12.1 Å². The fourth-order valence-corrected chi connectivity index (χ4v) is 2.38. The summed E-state index contributed by atoms with van der Waals surface area (Å²) in [5.41, 5.74) is -0.202. The number of hydrogen-bond donors (Lipinski definition) is 1. The molecule has 1 aromatic carbocycles. The number of nitrogens with one attached hydrogen (secondary N) is 1. The topological polar surface area (TPSA) is 52.6 Å². The van der Waals surface area contributed by atoms with Crippen molar-refractivity contribution in [2.75, 3.05) is 25.8 Å². The SMILES string of the molecule is COCC(C)(C)Nc1nccc2cc3c(cc12)OCO3. The molecule has 0 bridgehead atoms. The van der Waals surface area contributed by atoms with E-state index >= 15 is 0 Å². The highest BCUT2D eigenvalue weighted by Crippen LogP contribution is 2.38. The highest BCUT2D eigenvalue weighted by molar-refractivity contribution is 5.94. The number of rotatable bonds is 4. The van der Waals surface area contributed by atoms with Crippen LogP contribution in [0.15, 0.2) is 24.4 Å². The zero-order valence-corrected chi connectivity index (χ0v) is 11.9. The van der Waals surface area contributed by atoms with Crippen LogP contribution in [0.4, 0.5) is 5.82 Å². The van der Waals surface area contributed by atoms with E-state index in [1.54, 1.807) is 13.3 Å². The number of anilines is 1. The molecule has 0 fully saturated rings. The first-order valence-corrected chi connectivity index (χ1v) is 6.54. The number of nitrogens with zero attached hydrogens (tertiary/aromatic N) is 1. The van der Waals surface area contributed by atoms with Gasteiger partial charge in [-0.15, -0.1) is 0 Å². The van der Waals surface area contributed by atoms with Crippen molar-refractivity contribution >= 4 is 16.6 Å². The molecule has 0 aliphatic carbocycles. The van der Waals surface area contributed by atoms with Crippen LogP contribution in [-0.2, 0) is 4.74 Å². The van der Waals surface area contributed by atoms with Crippen LogP contribution in [0, 0.1) is 0 Å². The van der Waals surface area contributed by atoms with Gasteiger partial charge in [0.1, 0.15) is 5.82 Å². The summed E-state index contributed by atoms with van der Waals surface area (Å²) in [4.78, 5) is 4.44. The largest absolute Gasteiger partial charge is 0.454 e. The van der Waals surface area contributed by atoms with Crippen molar-refractivity contribution in [1.82, 2.24) is 4.98 Å². The van der Waals surface area contributed by atoms with Crippen LogP contribution in [-0.4, -0.2) is 31.0 Å². The highest BCUT2D eigenvalue weighted by Gasteiger charge is 2.21. The van der Waals surface area contributed by atoms with Gasteiger partial charge in [0.15, 0.2) is 11.5 Å². The summed E-state index contributed by atoms with van der Waals surface area (Å²) in [7, 11) is 1.69. The normalized spacial score (nSPS) is 13.8. The number of aromatic nitrogens is 1. The summed E-state index contributed by atoms with van der Waals surface area (Å²) in [6.07, 6.45) is 1.79. The average Bonchev–Trinajstić information content (AvgIpc) is 2.83. The molecule has 1 aliphatic rings. The van der Waals surface area contributed by atoms with Crippen molar-refractivity contribution in [3.8, 4) is 11.5 Å². The lowest BCUT2D eigenvalue weighted by atomic mass is 10.1. The Labute approximate surface area is 117 Å². The van der Waals surface area contributed by atoms with Crippen LogP contribution in [0.5, 0.6) is 11.5 Å². The zero-order chi connectivity index (χ0) is 14.2. The Hall–Kier alpha value is -2.01. The molecule has 0 spiro atoms. The van der Waals surface area contributed by atoms with E-state index in [-0.39, 0.29) is 12.3 Å². The van der Waals surface area contributed by atoms with Crippen molar-refractivity contribution in [3.63, 3.8) is 0 Å². The van der Waals surface area contributed by atoms with Gasteiger partial charge in [0.2, 0.25) is 6.79 Å². The Kier molecular flexibility index (Phi) is 3.14. The van der Waals surface area contributed by atoms with Crippen molar-refractivity contribution in [2.45, 2.75) is 19.4 Å². The fourth-order valence-electron chi connectivity index (χ4n) is 2.38. The molecule has 0 atom stereocenters. The maximum atomic E-state index is 5.44. The Morgan fingerprint density at radius 3 is 2.80 bits per heavy atom. The highest BCUT2D eigenvalue weighted by atomic mass is 16.7. The molecule has 0 amide bonds. The van der Waals surface area contributed by atoms with E-state index in [4.69, 9.17) is 14.2 Å². The quantitative estimate of drug-likeness (QED) is 0.929. The Morgan fingerprint density at radius 1 is 1.30 bits per heavy atom. The Balaban J connectivity index is 2.03. The number of methoxy groups -OCH3 is 1. The fraction of sp³-hybridized carbons (Fsp3) is 0.400. The predicted molar refractivity (Wildman–Crippen MR) is 77.4 cm³/mol. The van der Waals surface area contributed by atoms with E-state index < -0.39 is 0 Å². The summed E-state index contributed by atoms with van der Waals surface area (Å²) < 4.78 is 16.1. The van der Waals surface area contributed by atoms with Crippen molar-refractivity contribution in [1.29, 1.82) is 0 Å². The van der Waals surface area contributed by atoms with Gasteiger partial charge in [-0.1, -0.05) is 0 Å². The molecule has 2 aromatic rings. The molecule has 5 nitrogen and oxygen atoms in total. The molecule has 1 aromatic heterocycles. The van der Waals surface area contributed by atoms with Crippen LogP contribution >= 0.6 is 0 Å². The molecule has 1 N–H and O–H groups in total. The molecular weight excluding hydrogens is 256 g/mol. The van der Waals surface area contributed by atoms with E-state index in [2.05, 4.69) is 24.1 Å². The second-order valence-corrected chi connectivity index (χ2v) is 5.53. The molecule has 20 heavy (non-hydrogen) atoms. The molecule has 1 aliphatic heterocycles. The summed E-state index contributed by atoms with van der Waals surface area (Å²) in [5.74, 6) is 2.37.